The van der Waals surface area contributed by atoms with Gasteiger partial charge >= 0.3 is 0 Å². The summed E-state index contributed by atoms with van der Waals surface area (Å²) >= 11 is 0. The van der Waals surface area contributed by atoms with Gasteiger partial charge in [0.15, 0.2) is 0 Å². The quantitative estimate of drug-likeness (QED) is 0.133. The van der Waals surface area contributed by atoms with Crippen LogP contribution in [0.2, 0.25) is 0 Å². The van der Waals surface area contributed by atoms with Crippen molar-refractivity contribution in [3.05, 3.63) is 11.9 Å². The van der Waals surface area contributed by atoms with E-state index in [9.17, 15) is 0 Å². The highest BCUT2D eigenvalue weighted by atomic mass is 16.6. The molecule has 12 heteroatoms. The number of nitrogens with zero attached hydrogens (tertiary/aromatic N) is 3. The van der Waals surface area contributed by atoms with Gasteiger partial charge in [-0.3, -0.25) is 0 Å². The minimum atomic E-state index is 0.526. The molecule has 1 heterocycles. The van der Waals surface area contributed by atoms with E-state index in [1.807, 2.05) is 17.8 Å². The van der Waals surface area contributed by atoms with Crippen LogP contribution in [-0.4, -0.2) is 134 Å². The first-order chi connectivity index (χ1) is 18.4. The van der Waals surface area contributed by atoms with Crippen molar-refractivity contribution in [1.29, 1.82) is 0 Å². The first kappa shape index (κ1) is 33.8. The number of aryl methyl sites for hydroxylation is 1. The average Bonchev–Trinajstić information content (AvgIpc) is 3.36. The molecule has 218 valence electrons. The minimum absolute atomic E-state index is 0.526. The van der Waals surface area contributed by atoms with Crippen molar-refractivity contribution in [2.24, 2.45) is 0 Å². The highest BCUT2D eigenvalue weighted by molar-refractivity contribution is 4.92. The fourth-order valence-electron chi connectivity index (χ4n) is 2.96. The Morgan fingerprint density at radius 1 is 0.568 bits per heavy atom. The van der Waals surface area contributed by atoms with Gasteiger partial charge in [0.2, 0.25) is 0 Å². The van der Waals surface area contributed by atoms with E-state index in [0.717, 1.165) is 31.6 Å². The van der Waals surface area contributed by atoms with Crippen LogP contribution >= 0.6 is 0 Å². The fourth-order valence-corrected chi connectivity index (χ4v) is 2.96. The molecule has 1 aromatic heterocycles. The van der Waals surface area contributed by atoms with Gasteiger partial charge in [0, 0.05) is 26.5 Å². The first-order valence-electron chi connectivity index (χ1n) is 13.4. The van der Waals surface area contributed by atoms with Crippen LogP contribution in [0.25, 0.3) is 0 Å². The maximum Gasteiger partial charge on any atom is 0.0827 e. The lowest BCUT2D eigenvalue weighted by Gasteiger charge is -2.08. The van der Waals surface area contributed by atoms with Crippen molar-refractivity contribution in [3.63, 3.8) is 0 Å². The summed E-state index contributed by atoms with van der Waals surface area (Å²) in [6.07, 6.45) is 4.98. The molecule has 0 aliphatic rings. The maximum absolute atomic E-state index is 5.58. The van der Waals surface area contributed by atoms with E-state index in [2.05, 4.69) is 10.3 Å². The normalized spacial score (nSPS) is 11.5. The van der Waals surface area contributed by atoms with Crippen LogP contribution in [0.4, 0.5) is 0 Å². The number of hydrogen-bond donors (Lipinski definition) is 0. The lowest BCUT2D eigenvalue weighted by atomic mass is 10.2. The summed E-state index contributed by atoms with van der Waals surface area (Å²) in [5, 5.41) is 8.30. The van der Waals surface area contributed by atoms with E-state index < -0.39 is 0 Å². The number of hydrogen-bond acceptors (Lipinski definition) is 11. The zero-order valence-electron chi connectivity index (χ0n) is 22.9. The number of ether oxygens (including phenoxy) is 9. The summed E-state index contributed by atoms with van der Waals surface area (Å²) in [5.41, 5.74) is 1.01. The zero-order valence-corrected chi connectivity index (χ0v) is 22.9. The largest absolute Gasteiger partial charge is 0.385 e. The molecule has 0 N–H and O–H groups in total. The lowest BCUT2D eigenvalue weighted by Crippen LogP contribution is -2.15. The molecule has 1 rings (SSSR count). The Morgan fingerprint density at radius 3 is 1.43 bits per heavy atom. The van der Waals surface area contributed by atoms with Gasteiger partial charge in [0.05, 0.1) is 111 Å². The highest BCUT2D eigenvalue weighted by Gasteiger charge is 2.01. The topological polar surface area (TPSA) is 114 Å². The van der Waals surface area contributed by atoms with Crippen molar-refractivity contribution < 1.29 is 42.6 Å². The molecule has 0 saturated heterocycles. The molecule has 0 aliphatic carbocycles. The second-order valence-electron chi connectivity index (χ2n) is 7.91. The molecule has 12 nitrogen and oxygen atoms in total. The molecule has 0 aliphatic heterocycles. The van der Waals surface area contributed by atoms with Crippen LogP contribution in [0, 0.1) is 0 Å². The number of rotatable bonds is 30. The monoisotopic (exact) mass is 535 g/mol. The van der Waals surface area contributed by atoms with E-state index in [-0.39, 0.29) is 0 Å². The smallest absolute Gasteiger partial charge is 0.0827 e. The summed E-state index contributed by atoms with van der Waals surface area (Å²) in [6.45, 7) is 12.4. The molecule has 1 aromatic rings. The van der Waals surface area contributed by atoms with E-state index >= 15 is 0 Å². The Morgan fingerprint density at radius 2 is 1.00 bits per heavy atom. The van der Waals surface area contributed by atoms with Gasteiger partial charge in [-0.1, -0.05) is 5.21 Å². The molecule has 0 amide bonds. The van der Waals surface area contributed by atoms with Gasteiger partial charge in [-0.25, -0.2) is 4.68 Å². The van der Waals surface area contributed by atoms with Crippen LogP contribution in [0.3, 0.4) is 0 Å². The first-order valence-corrected chi connectivity index (χ1v) is 13.4. The minimum Gasteiger partial charge on any atom is -0.385 e. The number of aromatic nitrogens is 3. The molecule has 0 radical (unpaired) electrons. The van der Waals surface area contributed by atoms with Crippen molar-refractivity contribution in [2.45, 2.75) is 32.7 Å². The molecular weight excluding hydrogens is 486 g/mol. The third-order valence-corrected chi connectivity index (χ3v) is 4.89. The van der Waals surface area contributed by atoms with Crippen molar-refractivity contribution in [1.82, 2.24) is 15.0 Å². The summed E-state index contributed by atoms with van der Waals surface area (Å²) < 4.78 is 50.3. The molecule has 0 saturated carbocycles. The lowest BCUT2D eigenvalue weighted by molar-refractivity contribution is -0.0230. The third-order valence-electron chi connectivity index (χ3n) is 4.89. The van der Waals surface area contributed by atoms with Gasteiger partial charge in [-0.15, -0.1) is 5.10 Å². The number of methoxy groups -OCH3 is 1. The van der Waals surface area contributed by atoms with Crippen LogP contribution in [0.15, 0.2) is 6.20 Å². The van der Waals surface area contributed by atoms with E-state index in [0.29, 0.717) is 112 Å². The van der Waals surface area contributed by atoms with Gasteiger partial charge in [-0.05, 0) is 26.2 Å². The van der Waals surface area contributed by atoms with Gasteiger partial charge < -0.3 is 42.6 Å². The second kappa shape index (κ2) is 27.8. The molecule has 0 spiro atoms. The van der Waals surface area contributed by atoms with Crippen molar-refractivity contribution >= 4 is 0 Å². The molecule has 0 bridgehead atoms. The van der Waals surface area contributed by atoms with Crippen LogP contribution < -0.4 is 0 Å². The SMILES string of the molecule is CCOCCOCCOCCOCCOCCOCCOCCOCCn1cc(CCCCOC)nn1. The van der Waals surface area contributed by atoms with Gasteiger partial charge in [0.25, 0.3) is 0 Å². The molecule has 0 fully saturated rings. The second-order valence-corrected chi connectivity index (χ2v) is 7.91. The van der Waals surface area contributed by atoms with Gasteiger partial charge in [0.1, 0.15) is 0 Å². The predicted molar refractivity (Wildman–Crippen MR) is 137 cm³/mol. The average molecular weight is 536 g/mol. The Kier molecular flexibility index (Phi) is 25.4. The zero-order chi connectivity index (χ0) is 26.5. The Labute approximate surface area is 222 Å². The molecule has 0 atom stereocenters. The summed E-state index contributed by atoms with van der Waals surface area (Å²) in [6, 6.07) is 0. The molecule has 0 unspecified atom stereocenters. The van der Waals surface area contributed by atoms with E-state index in [1.165, 1.54) is 0 Å². The van der Waals surface area contributed by atoms with E-state index in [4.69, 9.17) is 42.6 Å². The van der Waals surface area contributed by atoms with Gasteiger partial charge in [-0.2, -0.15) is 0 Å². The van der Waals surface area contributed by atoms with Crippen LogP contribution in [0.1, 0.15) is 25.5 Å². The Hall–Kier alpha value is -1.22. The molecular formula is C25H49N3O9. The fraction of sp³-hybridized carbons (Fsp3) is 0.920. The van der Waals surface area contributed by atoms with E-state index in [1.54, 1.807) is 7.11 Å². The Balaban J connectivity index is 1.71. The molecule has 37 heavy (non-hydrogen) atoms. The molecule has 0 aromatic carbocycles. The van der Waals surface area contributed by atoms with Crippen molar-refractivity contribution in [2.75, 3.05) is 119 Å². The Bertz CT molecular complexity index is 581. The highest BCUT2D eigenvalue weighted by Crippen LogP contribution is 2.01. The summed E-state index contributed by atoms with van der Waals surface area (Å²) in [7, 11) is 1.72. The summed E-state index contributed by atoms with van der Waals surface area (Å²) in [4.78, 5) is 0. The predicted octanol–water partition coefficient (Wildman–Crippen LogP) is 1.40. The van der Waals surface area contributed by atoms with Crippen LogP contribution in [0.5, 0.6) is 0 Å². The number of unbranched alkanes of at least 4 members (excludes halogenated alkanes) is 1. The summed E-state index contributed by atoms with van der Waals surface area (Å²) in [5.74, 6) is 0. The van der Waals surface area contributed by atoms with Crippen molar-refractivity contribution in [3.8, 4) is 0 Å². The van der Waals surface area contributed by atoms with Crippen LogP contribution in [-0.2, 0) is 55.6 Å². The standard InChI is InChI=1S/C25H49N3O9/c1-3-30-10-11-32-14-15-34-18-19-36-22-23-37-21-20-35-17-16-33-13-12-31-9-7-28-24-25(26-27-28)6-4-5-8-29-2/h24H,3-23H2,1-2H3. The maximum atomic E-state index is 5.58. The third kappa shape index (κ3) is 23.6.